The zero-order chi connectivity index (χ0) is 12.5. The highest BCUT2D eigenvalue weighted by atomic mass is 16.6. The first kappa shape index (κ1) is 11.4. The molecule has 1 fully saturated rings. The lowest BCUT2D eigenvalue weighted by Gasteiger charge is -2.22. The van der Waals surface area contributed by atoms with Crippen LogP contribution in [-0.4, -0.2) is 29.4 Å². The van der Waals surface area contributed by atoms with Crippen LogP contribution in [0.2, 0.25) is 0 Å². The fourth-order valence-corrected chi connectivity index (χ4v) is 2.16. The van der Waals surface area contributed by atoms with Crippen LogP contribution in [-0.2, 0) is 16.5 Å². The average Bonchev–Trinajstić information content (AvgIpc) is 2.44. The third-order valence-electron chi connectivity index (χ3n) is 3.13. The Labute approximate surface area is 104 Å². The number of para-hydroxylation sites is 2. The topological polar surface area (TPSA) is 53.4 Å². The maximum atomic E-state index is 12.2. The van der Waals surface area contributed by atoms with E-state index in [1.807, 2.05) is 24.3 Å². The molecule has 0 bridgehead atoms. The van der Waals surface area contributed by atoms with Gasteiger partial charge in [0.25, 0.3) is 5.56 Å². The van der Waals surface area contributed by atoms with Crippen LogP contribution in [0.4, 0.5) is 0 Å². The summed E-state index contributed by atoms with van der Waals surface area (Å²) in [5.41, 5.74) is 1.92. The summed E-state index contributed by atoms with van der Waals surface area (Å²) in [7, 11) is 1.75. The van der Waals surface area contributed by atoms with Crippen LogP contribution >= 0.6 is 0 Å². The fourth-order valence-electron chi connectivity index (χ4n) is 2.16. The highest BCUT2D eigenvalue weighted by Gasteiger charge is 2.22. The molecule has 1 saturated heterocycles. The molecule has 0 radical (unpaired) electrons. The van der Waals surface area contributed by atoms with Gasteiger partial charge in [-0.25, -0.2) is 4.98 Å². The minimum absolute atomic E-state index is 0.121. The van der Waals surface area contributed by atoms with Gasteiger partial charge < -0.3 is 14.0 Å². The van der Waals surface area contributed by atoms with Crippen molar-refractivity contribution in [3.05, 3.63) is 40.3 Å². The predicted molar refractivity (Wildman–Crippen MR) is 66.5 cm³/mol. The second-order valence-corrected chi connectivity index (χ2v) is 4.28. The summed E-state index contributed by atoms with van der Waals surface area (Å²) in [6, 6.07) is 7.57. The van der Waals surface area contributed by atoms with Crippen LogP contribution in [0.1, 0.15) is 11.8 Å². The summed E-state index contributed by atoms with van der Waals surface area (Å²) in [6.45, 7) is 1.47. The van der Waals surface area contributed by atoms with Crippen molar-refractivity contribution < 1.29 is 9.47 Å². The van der Waals surface area contributed by atoms with Crippen molar-refractivity contribution in [3.63, 3.8) is 0 Å². The summed E-state index contributed by atoms with van der Waals surface area (Å²) in [6.07, 6.45) is -0.359. The second-order valence-electron chi connectivity index (χ2n) is 4.28. The van der Waals surface area contributed by atoms with Gasteiger partial charge in [-0.3, -0.25) is 4.79 Å². The van der Waals surface area contributed by atoms with Gasteiger partial charge in [-0.2, -0.15) is 0 Å². The highest BCUT2D eigenvalue weighted by molar-refractivity contribution is 5.74. The van der Waals surface area contributed by atoms with Crippen molar-refractivity contribution in [3.8, 4) is 0 Å². The molecule has 0 aliphatic carbocycles. The molecule has 3 rings (SSSR count). The van der Waals surface area contributed by atoms with E-state index in [0.717, 1.165) is 11.0 Å². The van der Waals surface area contributed by atoms with Crippen molar-refractivity contribution in [1.29, 1.82) is 0 Å². The van der Waals surface area contributed by atoms with E-state index < -0.39 is 0 Å². The number of ether oxygens (including phenoxy) is 2. The molecule has 1 aromatic carbocycles. The maximum absolute atomic E-state index is 12.2. The molecule has 5 heteroatoms. The molecule has 0 amide bonds. The monoisotopic (exact) mass is 246 g/mol. The average molecular weight is 246 g/mol. The number of nitrogens with zero attached hydrogens (tertiary/aromatic N) is 2. The van der Waals surface area contributed by atoms with Gasteiger partial charge in [0.1, 0.15) is 11.8 Å². The maximum Gasteiger partial charge on any atom is 0.275 e. The Hall–Kier alpha value is -1.72. The molecular weight excluding hydrogens is 232 g/mol. The smallest absolute Gasteiger partial charge is 0.275 e. The van der Waals surface area contributed by atoms with Gasteiger partial charge in [0.2, 0.25) is 0 Å². The van der Waals surface area contributed by atoms with Crippen molar-refractivity contribution in [2.24, 2.45) is 7.05 Å². The third kappa shape index (κ3) is 1.81. The Bertz CT molecular complexity index is 630. The number of rotatable bonds is 1. The van der Waals surface area contributed by atoms with E-state index in [2.05, 4.69) is 4.98 Å². The van der Waals surface area contributed by atoms with E-state index in [9.17, 15) is 4.79 Å². The molecular formula is C13H14N2O3. The summed E-state index contributed by atoms with van der Waals surface area (Å²) >= 11 is 0. The molecule has 2 heterocycles. The van der Waals surface area contributed by atoms with Crippen molar-refractivity contribution in [2.75, 3.05) is 19.8 Å². The molecule has 0 N–H and O–H groups in total. The van der Waals surface area contributed by atoms with Gasteiger partial charge in [0.15, 0.2) is 0 Å². The Morgan fingerprint density at radius 3 is 2.94 bits per heavy atom. The van der Waals surface area contributed by atoms with E-state index >= 15 is 0 Å². The zero-order valence-electron chi connectivity index (χ0n) is 10.1. The Kier molecular flexibility index (Phi) is 2.85. The van der Waals surface area contributed by atoms with Crippen molar-refractivity contribution in [2.45, 2.75) is 6.10 Å². The SMILES string of the molecule is Cn1c(=O)c([C@H]2COCCO2)nc2ccccc21. The highest BCUT2D eigenvalue weighted by Crippen LogP contribution is 2.18. The number of aromatic nitrogens is 2. The minimum Gasteiger partial charge on any atom is -0.376 e. The number of fused-ring (bicyclic) bond motifs is 1. The molecule has 18 heavy (non-hydrogen) atoms. The first-order valence-electron chi connectivity index (χ1n) is 5.92. The molecule has 1 atom stereocenters. The van der Waals surface area contributed by atoms with Crippen LogP contribution in [0.25, 0.3) is 11.0 Å². The predicted octanol–water partition coefficient (Wildman–Crippen LogP) is 1.02. The molecule has 1 aliphatic heterocycles. The van der Waals surface area contributed by atoms with Crippen LogP contribution in [0.15, 0.2) is 29.1 Å². The second kappa shape index (κ2) is 4.51. The molecule has 5 nitrogen and oxygen atoms in total. The van der Waals surface area contributed by atoms with Crippen LogP contribution in [0.3, 0.4) is 0 Å². The van der Waals surface area contributed by atoms with E-state index in [4.69, 9.17) is 9.47 Å². The van der Waals surface area contributed by atoms with Gasteiger partial charge in [-0.15, -0.1) is 0 Å². The zero-order valence-corrected chi connectivity index (χ0v) is 10.1. The Balaban J connectivity index is 2.17. The summed E-state index contributed by atoms with van der Waals surface area (Å²) in [4.78, 5) is 16.7. The summed E-state index contributed by atoms with van der Waals surface area (Å²) in [5, 5.41) is 0. The van der Waals surface area contributed by atoms with Gasteiger partial charge in [0.05, 0.1) is 30.9 Å². The van der Waals surface area contributed by atoms with Gasteiger partial charge in [-0.05, 0) is 12.1 Å². The third-order valence-corrected chi connectivity index (χ3v) is 3.13. The Morgan fingerprint density at radius 1 is 1.33 bits per heavy atom. The normalized spacial score (nSPS) is 20.2. The quantitative estimate of drug-likeness (QED) is 0.754. The number of hydrogen-bond donors (Lipinski definition) is 0. The lowest BCUT2D eigenvalue weighted by Crippen LogP contribution is -2.31. The lowest BCUT2D eigenvalue weighted by molar-refractivity contribution is -0.0923. The van der Waals surface area contributed by atoms with E-state index in [-0.39, 0.29) is 11.7 Å². The molecule has 94 valence electrons. The number of aryl methyl sites for hydroxylation is 1. The number of hydrogen-bond acceptors (Lipinski definition) is 4. The van der Waals surface area contributed by atoms with E-state index in [0.29, 0.717) is 25.5 Å². The summed E-state index contributed by atoms with van der Waals surface area (Å²) < 4.78 is 12.5. The van der Waals surface area contributed by atoms with Crippen molar-refractivity contribution >= 4 is 11.0 Å². The van der Waals surface area contributed by atoms with Gasteiger partial charge >= 0.3 is 0 Å². The molecule has 0 saturated carbocycles. The lowest BCUT2D eigenvalue weighted by atomic mass is 10.2. The molecule has 0 unspecified atom stereocenters. The Morgan fingerprint density at radius 2 is 2.17 bits per heavy atom. The van der Waals surface area contributed by atoms with Crippen LogP contribution in [0.5, 0.6) is 0 Å². The first-order valence-corrected chi connectivity index (χ1v) is 5.92. The molecule has 1 aliphatic rings. The van der Waals surface area contributed by atoms with E-state index in [1.165, 1.54) is 0 Å². The first-order chi connectivity index (χ1) is 8.77. The van der Waals surface area contributed by atoms with Crippen molar-refractivity contribution in [1.82, 2.24) is 9.55 Å². The number of benzene rings is 1. The van der Waals surface area contributed by atoms with Gasteiger partial charge in [-0.1, -0.05) is 12.1 Å². The van der Waals surface area contributed by atoms with Crippen LogP contribution in [0, 0.1) is 0 Å². The summed E-state index contributed by atoms with van der Waals surface area (Å²) in [5.74, 6) is 0. The van der Waals surface area contributed by atoms with E-state index in [1.54, 1.807) is 11.6 Å². The van der Waals surface area contributed by atoms with Crippen LogP contribution < -0.4 is 5.56 Å². The standard InChI is InChI=1S/C13H14N2O3/c1-15-10-5-3-2-4-9(10)14-12(13(15)16)11-8-17-6-7-18-11/h2-5,11H,6-8H2,1H3/t11-/m1/s1. The minimum atomic E-state index is -0.359. The molecule has 2 aromatic rings. The molecule has 1 aromatic heterocycles. The molecule has 0 spiro atoms. The largest absolute Gasteiger partial charge is 0.376 e. The van der Waals surface area contributed by atoms with Gasteiger partial charge in [0, 0.05) is 7.05 Å². The fraction of sp³-hybridized carbons (Fsp3) is 0.385.